The minimum absolute atomic E-state index is 0.328. The average Bonchev–Trinajstić information content (AvgIpc) is 2.53. The number of ether oxygens (including phenoxy) is 1. The van der Waals surface area contributed by atoms with E-state index in [0.29, 0.717) is 23.3 Å². The van der Waals surface area contributed by atoms with Gasteiger partial charge in [-0.1, -0.05) is 11.6 Å². The van der Waals surface area contributed by atoms with Crippen LogP contribution in [0.1, 0.15) is 11.3 Å². The van der Waals surface area contributed by atoms with Crippen LogP contribution in [-0.2, 0) is 13.7 Å². The van der Waals surface area contributed by atoms with Crippen molar-refractivity contribution in [2.75, 3.05) is 5.73 Å². The van der Waals surface area contributed by atoms with Crippen LogP contribution in [0.15, 0.2) is 18.3 Å². The summed E-state index contributed by atoms with van der Waals surface area (Å²) in [4.78, 5) is 3.94. The molecule has 0 aliphatic rings. The smallest absolute Gasteiger partial charge is 0.166 e. The van der Waals surface area contributed by atoms with E-state index in [1.165, 1.54) is 0 Å². The van der Waals surface area contributed by atoms with Crippen LogP contribution in [0, 0.1) is 6.92 Å². The van der Waals surface area contributed by atoms with Crippen molar-refractivity contribution >= 4 is 17.4 Å². The fourth-order valence-corrected chi connectivity index (χ4v) is 1.74. The summed E-state index contributed by atoms with van der Waals surface area (Å²) < 4.78 is 7.19. The van der Waals surface area contributed by atoms with Gasteiger partial charge in [-0.3, -0.25) is 4.68 Å². The summed E-state index contributed by atoms with van der Waals surface area (Å²) in [6, 6.07) is 3.53. The van der Waals surface area contributed by atoms with E-state index in [2.05, 4.69) is 10.1 Å². The molecule has 0 aliphatic heterocycles. The van der Waals surface area contributed by atoms with Gasteiger partial charge < -0.3 is 10.5 Å². The zero-order valence-corrected chi connectivity index (χ0v) is 10.4. The van der Waals surface area contributed by atoms with Crippen molar-refractivity contribution in [3.63, 3.8) is 0 Å². The molecule has 0 amide bonds. The van der Waals surface area contributed by atoms with Crippen LogP contribution in [0.3, 0.4) is 0 Å². The van der Waals surface area contributed by atoms with Crippen molar-refractivity contribution in [1.82, 2.24) is 14.8 Å². The number of rotatable bonds is 3. The van der Waals surface area contributed by atoms with Crippen LogP contribution < -0.4 is 10.5 Å². The lowest BCUT2D eigenvalue weighted by Crippen LogP contribution is -2.01. The van der Waals surface area contributed by atoms with Gasteiger partial charge in [0.05, 0.1) is 5.69 Å². The summed E-state index contributed by atoms with van der Waals surface area (Å²) >= 11 is 6.09. The predicted molar refractivity (Wildman–Crippen MR) is 65.9 cm³/mol. The summed E-state index contributed by atoms with van der Waals surface area (Å²) in [5.74, 6) is 0.914. The summed E-state index contributed by atoms with van der Waals surface area (Å²) in [6.45, 7) is 2.21. The molecule has 2 aromatic rings. The molecule has 0 aliphatic carbocycles. The van der Waals surface area contributed by atoms with Crippen molar-refractivity contribution in [1.29, 1.82) is 0 Å². The van der Waals surface area contributed by atoms with Crippen molar-refractivity contribution in [2.45, 2.75) is 13.5 Å². The molecule has 6 heteroatoms. The van der Waals surface area contributed by atoms with E-state index in [9.17, 15) is 0 Å². The zero-order chi connectivity index (χ0) is 12.4. The summed E-state index contributed by atoms with van der Waals surface area (Å²) in [6.07, 6.45) is 1.62. The third kappa shape index (κ3) is 2.34. The Morgan fingerprint density at radius 2 is 2.29 bits per heavy atom. The molecule has 2 rings (SSSR count). The van der Waals surface area contributed by atoms with Gasteiger partial charge in [0.15, 0.2) is 11.6 Å². The van der Waals surface area contributed by atoms with Crippen LogP contribution in [0.2, 0.25) is 5.15 Å². The topological polar surface area (TPSA) is 66.0 Å². The molecule has 0 fully saturated rings. The second-order valence-electron chi connectivity index (χ2n) is 3.65. The van der Waals surface area contributed by atoms with E-state index in [4.69, 9.17) is 22.1 Å². The van der Waals surface area contributed by atoms with Gasteiger partial charge in [-0.2, -0.15) is 5.10 Å². The Bertz CT molecular complexity index is 538. The lowest BCUT2D eigenvalue weighted by atomic mass is 10.3. The Morgan fingerprint density at radius 1 is 1.53 bits per heavy atom. The molecule has 0 atom stereocenters. The van der Waals surface area contributed by atoms with Gasteiger partial charge in [-0.15, -0.1) is 0 Å². The number of hydrogen-bond acceptors (Lipinski definition) is 4. The van der Waals surface area contributed by atoms with Gasteiger partial charge in [0.2, 0.25) is 0 Å². The molecule has 90 valence electrons. The minimum Gasteiger partial charge on any atom is -0.485 e. The average molecular weight is 253 g/mol. The van der Waals surface area contributed by atoms with Gasteiger partial charge in [0.1, 0.15) is 11.8 Å². The molecule has 0 unspecified atom stereocenters. The van der Waals surface area contributed by atoms with Crippen molar-refractivity contribution in [3.05, 3.63) is 34.7 Å². The molecule has 0 saturated carbocycles. The lowest BCUT2D eigenvalue weighted by Gasteiger charge is -2.07. The fourth-order valence-electron chi connectivity index (χ4n) is 1.51. The minimum atomic E-state index is 0.328. The van der Waals surface area contributed by atoms with Crippen LogP contribution in [0.4, 0.5) is 5.82 Å². The first-order valence-corrected chi connectivity index (χ1v) is 5.48. The predicted octanol–water partition coefficient (Wildman–Crippen LogP) is 1.94. The van der Waals surface area contributed by atoms with Crippen molar-refractivity contribution in [3.8, 4) is 5.75 Å². The summed E-state index contributed by atoms with van der Waals surface area (Å²) in [7, 11) is 1.79. The first-order valence-electron chi connectivity index (χ1n) is 5.11. The normalized spacial score (nSPS) is 10.5. The first-order chi connectivity index (χ1) is 8.09. The van der Waals surface area contributed by atoms with Crippen LogP contribution in [-0.4, -0.2) is 14.8 Å². The molecule has 0 bridgehead atoms. The number of aromatic nitrogens is 3. The van der Waals surface area contributed by atoms with Gasteiger partial charge in [-0.25, -0.2) is 4.98 Å². The summed E-state index contributed by atoms with van der Waals surface area (Å²) in [5, 5.41) is 4.78. The Labute approximate surface area is 104 Å². The van der Waals surface area contributed by atoms with E-state index in [-0.39, 0.29) is 0 Å². The third-order valence-electron chi connectivity index (χ3n) is 2.44. The third-order valence-corrected chi connectivity index (χ3v) is 2.91. The standard InChI is InChI=1S/C11H13ClN4O/c1-7-8(10(12)16(2)15-7)6-17-9-4-3-5-14-11(9)13/h3-5H,6H2,1-2H3,(H2,13,14). The number of nitrogens with two attached hydrogens (primary N) is 1. The molecule has 0 radical (unpaired) electrons. The van der Waals surface area contributed by atoms with Crippen LogP contribution in [0.25, 0.3) is 0 Å². The quantitative estimate of drug-likeness (QED) is 0.907. The van der Waals surface area contributed by atoms with Crippen LogP contribution >= 0.6 is 11.6 Å². The SMILES string of the molecule is Cc1nn(C)c(Cl)c1COc1cccnc1N. The second-order valence-corrected chi connectivity index (χ2v) is 4.01. The van der Waals surface area contributed by atoms with Crippen molar-refractivity contribution < 1.29 is 4.74 Å². The van der Waals surface area contributed by atoms with E-state index in [1.807, 2.05) is 6.92 Å². The first kappa shape index (κ1) is 11.7. The molecule has 0 saturated heterocycles. The van der Waals surface area contributed by atoms with Gasteiger partial charge in [0, 0.05) is 18.8 Å². The number of nitrogens with zero attached hydrogens (tertiary/aromatic N) is 3. The number of hydrogen-bond donors (Lipinski definition) is 1. The summed E-state index contributed by atoms with van der Waals surface area (Å²) in [5.41, 5.74) is 7.38. The number of halogens is 1. The second kappa shape index (κ2) is 4.63. The maximum absolute atomic E-state index is 6.09. The molecule has 17 heavy (non-hydrogen) atoms. The maximum Gasteiger partial charge on any atom is 0.166 e. The largest absolute Gasteiger partial charge is 0.485 e. The number of nitrogen functional groups attached to an aromatic ring is 1. The highest BCUT2D eigenvalue weighted by Gasteiger charge is 2.12. The van der Waals surface area contributed by atoms with Crippen LogP contribution in [0.5, 0.6) is 5.75 Å². The van der Waals surface area contributed by atoms with Gasteiger partial charge in [-0.05, 0) is 19.1 Å². The lowest BCUT2D eigenvalue weighted by molar-refractivity contribution is 0.306. The Balaban J connectivity index is 2.15. The van der Waals surface area contributed by atoms with Gasteiger partial charge >= 0.3 is 0 Å². The number of aryl methyl sites for hydroxylation is 2. The molecule has 2 aromatic heterocycles. The molecule has 5 nitrogen and oxygen atoms in total. The molecule has 2 heterocycles. The van der Waals surface area contributed by atoms with E-state index in [1.54, 1.807) is 30.1 Å². The zero-order valence-electron chi connectivity index (χ0n) is 9.64. The highest BCUT2D eigenvalue weighted by Crippen LogP contribution is 2.23. The van der Waals surface area contributed by atoms with Gasteiger partial charge in [0.25, 0.3) is 0 Å². The highest BCUT2D eigenvalue weighted by molar-refractivity contribution is 6.30. The molecule has 0 spiro atoms. The van der Waals surface area contributed by atoms with E-state index in [0.717, 1.165) is 11.3 Å². The van der Waals surface area contributed by atoms with Crippen molar-refractivity contribution in [2.24, 2.45) is 7.05 Å². The van der Waals surface area contributed by atoms with E-state index < -0.39 is 0 Å². The number of pyridine rings is 1. The molecular formula is C11H13ClN4O. The number of anilines is 1. The Kier molecular flexibility index (Phi) is 3.19. The molecule has 0 aromatic carbocycles. The Hall–Kier alpha value is -1.75. The monoisotopic (exact) mass is 252 g/mol. The molecular weight excluding hydrogens is 240 g/mol. The fraction of sp³-hybridized carbons (Fsp3) is 0.273. The highest BCUT2D eigenvalue weighted by atomic mass is 35.5. The Morgan fingerprint density at radius 3 is 2.88 bits per heavy atom. The maximum atomic E-state index is 6.09. The molecule has 2 N–H and O–H groups in total. The van der Waals surface area contributed by atoms with E-state index >= 15 is 0 Å².